The smallest absolute Gasteiger partial charge is 0.174 e. The Balaban J connectivity index is 1.40. The standard InChI is InChI=1S/C27H31NO4/c1-2-28-15-14-26-23-19-10-11-20(29)24(23)32-25(26)21(30)12-13-27(26,22(28)17-19)31-16-6-9-18-7-4-3-5-8-18/h3-5,7-8,10-11,22,25,29H,2,6,9,12-17H2,1H3/t22-,25?,26+,27-/m1/s1. The monoisotopic (exact) mass is 433 g/mol. The predicted molar refractivity (Wildman–Crippen MR) is 121 cm³/mol. The van der Waals surface area contributed by atoms with E-state index in [-0.39, 0.29) is 17.6 Å². The Kier molecular flexibility index (Phi) is 4.63. The van der Waals surface area contributed by atoms with Gasteiger partial charge in [-0.05, 0) is 62.4 Å². The summed E-state index contributed by atoms with van der Waals surface area (Å²) in [6.45, 7) is 4.78. The Bertz CT molecular complexity index is 1050. The van der Waals surface area contributed by atoms with Crippen molar-refractivity contribution in [3.05, 3.63) is 59.2 Å². The number of carbonyl (C=O) groups excluding carboxylic acids is 1. The fraction of sp³-hybridized carbons (Fsp3) is 0.519. The molecule has 1 unspecified atom stereocenters. The molecule has 5 heteroatoms. The average Bonchev–Trinajstić information content (AvgIpc) is 3.17. The van der Waals surface area contributed by atoms with E-state index in [1.165, 1.54) is 11.1 Å². The number of ether oxygens (including phenoxy) is 2. The maximum absolute atomic E-state index is 13.2. The van der Waals surface area contributed by atoms with Gasteiger partial charge in [-0.3, -0.25) is 9.69 Å². The normalized spacial score (nSPS) is 32.5. The predicted octanol–water partition coefficient (Wildman–Crippen LogP) is 3.79. The Morgan fingerprint density at radius 3 is 2.84 bits per heavy atom. The summed E-state index contributed by atoms with van der Waals surface area (Å²) in [7, 11) is 0. The highest BCUT2D eigenvalue weighted by molar-refractivity contribution is 5.90. The minimum absolute atomic E-state index is 0.148. The van der Waals surface area contributed by atoms with E-state index in [1.807, 2.05) is 12.1 Å². The molecule has 4 aliphatic rings. The molecule has 168 valence electrons. The van der Waals surface area contributed by atoms with Crippen LogP contribution in [0.15, 0.2) is 42.5 Å². The lowest BCUT2D eigenvalue weighted by Gasteiger charge is -2.64. The van der Waals surface area contributed by atoms with Crippen molar-refractivity contribution in [2.24, 2.45) is 0 Å². The minimum Gasteiger partial charge on any atom is -0.504 e. The van der Waals surface area contributed by atoms with E-state index in [4.69, 9.17) is 9.47 Å². The van der Waals surface area contributed by atoms with Gasteiger partial charge in [-0.25, -0.2) is 0 Å². The van der Waals surface area contributed by atoms with Crippen LogP contribution in [0.5, 0.6) is 11.5 Å². The highest BCUT2D eigenvalue weighted by Gasteiger charge is 2.74. The molecule has 4 atom stereocenters. The number of phenols is 1. The van der Waals surface area contributed by atoms with Crippen molar-refractivity contribution in [2.75, 3.05) is 19.7 Å². The number of likely N-dealkylation sites (tertiary alicyclic amines) is 1. The first kappa shape index (κ1) is 20.3. The third-order valence-electron chi connectivity index (χ3n) is 8.55. The van der Waals surface area contributed by atoms with Crippen LogP contribution in [-0.4, -0.2) is 53.2 Å². The van der Waals surface area contributed by atoms with E-state index >= 15 is 0 Å². The Labute approximate surface area is 189 Å². The second kappa shape index (κ2) is 7.32. The lowest BCUT2D eigenvalue weighted by molar-refractivity contribution is -0.212. The van der Waals surface area contributed by atoms with Crippen LogP contribution < -0.4 is 4.74 Å². The number of piperidine rings is 1. The third kappa shape index (κ3) is 2.55. The van der Waals surface area contributed by atoms with Crippen molar-refractivity contribution in [2.45, 2.75) is 68.6 Å². The van der Waals surface area contributed by atoms with E-state index in [0.29, 0.717) is 18.8 Å². The molecule has 1 saturated heterocycles. The number of hydrogen-bond donors (Lipinski definition) is 1. The van der Waals surface area contributed by atoms with Crippen LogP contribution in [0.2, 0.25) is 0 Å². The number of ketones is 1. The SMILES string of the molecule is CCN1CC[C@]23c4c5ccc(O)c4OC2C(=O)CC[C@@]3(OCCCc2ccccc2)[C@H]1C5. The van der Waals surface area contributed by atoms with Crippen LogP contribution in [0.4, 0.5) is 0 Å². The molecule has 0 amide bonds. The number of benzene rings is 2. The zero-order chi connectivity index (χ0) is 21.9. The van der Waals surface area contributed by atoms with E-state index < -0.39 is 17.1 Å². The molecule has 6 rings (SSSR count). The van der Waals surface area contributed by atoms with E-state index in [2.05, 4.69) is 36.1 Å². The largest absolute Gasteiger partial charge is 0.504 e. The number of hydrogen-bond acceptors (Lipinski definition) is 5. The zero-order valence-electron chi connectivity index (χ0n) is 18.7. The first-order valence-electron chi connectivity index (χ1n) is 12.1. The summed E-state index contributed by atoms with van der Waals surface area (Å²) < 4.78 is 13.3. The lowest BCUT2D eigenvalue weighted by atomic mass is 9.48. The lowest BCUT2D eigenvalue weighted by Crippen LogP contribution is -2.77. The van der Waals surface area contributed by atoms with Gasteiger partial charge in [0, 0.05) is 24.6 Å². The first-order valence-corrected chi connectivity index (χ1v) is 12.1. The molecule has 0 radical (unpaired) electrons. The van der Waals surface area contributed by atoms with Gasteiger partial charge in [0.25, 0.3) is 0 Å². The van der Waals surface area contributed by atoms with Crippen molar-refractivity contribution >= 4 is 5.78 Å². The molecule has 2 heterocycles. The van der Waals surface area contributed by atoms with Crippen LogP contribution in [0.25, 0.3) is 0 Å². The van der Waals surface area contributed by atoms with E-state index in [1.54, 1.807) is 6.07 Å². The van der Waals surface area contributed by atoms with Crippen LogP contribution in [-0.2, 0) is 27.8 Å². The molecular weight excluding hydrogens is 402 g/mol. The van der Waals surface area contributed by atoms with Crippen molar-refractivity contribution in [3.63, 3.8) is 0 Å². The molecule has 2 aliphatic carbocycles. The highest BCUT2D eigenvalue weighted by atomic mass is 16.5. The molecule has 1 N–H and O–H groups in total. The number of phenolic OH excluding ortho intramolecular Hbond substituents is 1. The third-order valence-corrected chi connectivity index (χ3v) is 8.55. The number of rotatable bonds is 6. The first-order chi connectivity index (χ1) is 15.6. The Morgan fingerprint density at radius 2 is 2.03 bits per heavy atom. The van der Waals surface area contributed by atoms with Gasteiger partial charge in [-0.2, -0.15) is 0 Å². The summed E-state index contributed by atoms with van der Waals surface area (Å²) in [6.07, 6.45) is 4.29. The number of carbonyl (C=O) groups is 1. The molecule has 2 aromatic carbocycles. The van der Waals surface area contributed by atoms with Crippen molar-refractivity contribution < 1.29 is 19.4 Å². The van der Waals surface area contributed by atoms with Gasteiger partial charge in [0.2, 0.25) is 0 Å². The van der Waals surface area contributed by atoms with Crippen LogP contribution >= 0.6 is 0 Å². The molecular formula is C27H31NO4. The van der Waals surface area contributed by atoms with Crippen molar-refractivity contribution in [1.29, 1.82) is 0 Å². The van der Waals surface area contributed by atoms with Gasteiger partial charge >= 0.3 is 0 Å². The van der Waals surface area contributed by atoms with Gasteiger partial charge in [-0.1, -0.05) is 43.3 Å². The summed E-state index contributed by atoms with van der Waals surface area (Å²) in [5, 5.41) is 10.6. The van der Waals surface area contributed by atoms with E-state index in [0.717, 1.165) is 50.8 Å². The van der Waals surface area contributed by atoms with Gasteiger partial charge in [0.15, 0.2) is 23.4 Å². The number of Topliss-reactive ketones (excluding diaryl/α,β-unsaturated/α-hetero) is 1. The average molecular weight is 434 g/mol. The van der Waals surface area contributed by atoms with Gasteiger partial charge in [-0.15, -0.1) is 0 Å². The second-order valence-corrected chi connectivity index (χ2v) is 9.81. The second-order valence-electron chi connectivity index (χ2n) is 9.81. The summed E-state index contributed by atoms with van der Waals surface area (Å²) in [5.41, 5.74) is 2.65. The zero-order valence-corrected chi connectivity index (χ0v) is 18.7. The van der Waals surface area contributed by atoms with Crippen LogP contribution in [0, 0.1) is 0 Å². The van der Waals surface area contributed by atoms with Gasteiger partial charge in [0.05, 0.1) is 11.0 Å². The molecule has 2 fully saturated rings. The van der Waals surface area contributed by atoms with Crippen LogP contribution in [0.3, 0.4) is 0 Å². The molecule has 5 nitrogen and oxygen atoms in total. The van der Waals surface area contributed by atoms with E-state index in [9.17, 15) is 9.90 Å². The van der Waals surface area contributed by atoms with Crippen LogP contribution in [0.1, 0.15) is 49.3 Å². The summed E-state index contributed by atoms with van der Waals surface area (Å²) in [5.74, 6) is 0.832. The number of nitrogens with zero attached hydrogens (tertiary/aromatic N) is 1. The maximum atomic E-state index is 13.2. The van der Waals surface area contributed by atoms with Gasteiger partial charge < -0.3 is 14.6 Å². The molecule has 1 saturated carbocycles. The Morgan fingerprint density at radius 1 is 1.19 bits per heavy atom. The van der Waals surface area contributed by atoms with Crippen molar-refractivity contribution in [3.8, 4) is 11.5 Å². The molecule has 2 aromatic rings. The summed E-state index contributed by atoms with van der Waals surface area (Å²) >= 11 is 0. The number of likely N-dealkylation sites (N-methyl/N-ethyl adjacent to an activating group) is 1. The molecule has 32 heavy (non-hydrogen) atoms. The quantitative estimate of drug-likeness (QED) is 0.703. The Hall–Kier alpha value is -2.37. The molecule has 2 bridgehead atoms. The summed E-state index contributed by atoms with van der Waals surface area (Å²) in [6, 6.07) is 14.5. The molecule has 2 aliphatic heterocycles. The molecule has 1 spiro atoms. The van der Waals surface area contributed by atoms with Gasteiger partial charge in [0.1, 0.15) is 0 Å². The highest BCUT2D eigenvalue weighted by Crippen LogP contribution is 2.65. The fourth-order valence-corrected chi connectivity index (χ4v) is 7.23. The number of aromatic hydroxyl groups is 1. The van der Waals surface area contributed by atoms with Crippen molar-refractivity contribution in [1.82, 2.24) is 4.90 Å². The molecule has 0 aromatic heterocycles. The maximum Gasteiger partial charge on any atom is 0.174 e. The topological polar surface area (TPSA) is 59.0 Å². The fourth-order valence-electron chi connectivity index (χ4n) is 7.23. The summed E-state index contributed by atoms with van der Waals surface area (Å²) in [4.78, 5) is 15.7. The minimum atomic E-state index is -0.547. The number of aryl methyl sites for hydroxylation is 1.